The summed E-state index contributed by atoms with van der Waals surface area (Å²) < 4.78 is 11.4. The van der Waals surface area contributed by atoms with E-state index in [-0.39, 0.29) is 24.7 Å². The molecule has 1 heterocycles. The van der Waals surface area contributed by atoms with Crippen LogP contribution >= 0.6 is 0 Å². The van der Waals surface area contributed by atoms with Crippen LogP contribution in [-0.4, -0.2) is 34.9 Å². The Kier molecular flexibility index (Phi) is 6.14. The second-order valence-electron chi connectivity index (χ2n) is 7.35. The van der Waals surface area contributed by atoms with E-state index in [0.29, 0.717) is 0 Å². The van der Waals surface area contributed by atoms with E-state index in [4.69, 9.17) is 9.47 Å². The molecule has 1 amide bonds. The topological polar surface area (TPSA) is 84.9 Å². The molecular formula is C20H27NO5. The summed E-state index contributed by atoms with van der Waals surface area (Å²) in [5.41, 5.74) is 0.799. The number of carbonyl (C=O) groups is 2. The van der Waals surface area contributed by atoms with Crippen molar-refractivity contribution in [2.45, 2.75) is 75.7 Å². The van der Waals surface area contributed by atoms with Gasteiger partial charge in [0.2, 0.25) is 0 Å². The lowest BCUT2D eigenvalue weighted by molar-refractivity contribution is -0.141. The Hall–Kier alpha value is -2.08. The van der Waals surface area contributed by atoms with Gasteiger partial charge in [-0.3, -0.25) is 0 Å². The zero-order valence-electron chi connectivity index (χ0n) is 15.0. The minimum atomic E-state index is -1.06. The maximum atomic E-state index is 12.0. The van der Waals surface area contributed by atoms with Crippen LogP contribution in [0.4, 0.5) is 4.79 Å². The molecule has 0 aromatic heterocycles. The lowest BCUT2D eigenvalue weighted by Crippen LogP contribution is -2.43. The minimum Gasteiger partial charge on any atom is -0.480 e. The van der Waals surface area contributed by atoms with E-state index in [1.807, 2.05) is 30.3 Å². The number of carbonyl (C=O) groups excluding carboxylic acids is 1. The van der Waals surface area contributed by atoms with Crippen molar-refractivity contribution in [2.24, 2.45) is 0 Å². The third-order valence-corrected chi connectivity index (χ3v) is 5.40. The Morgan fingerprint density at radius 1 is 1.19 bits per heavy atom. The number of nitrogens with one attached hydrogen (secondary N) is 1. The van der Waals surface area contributed by atoms with E-state index in [1.165, 1.54) is 19.3 Å². The first-order valence-corrected chi connectivity index (χ1v) is 9.44. The van der Waals surface area contributed by atoms with Gasteiger partial charge in [0.15, 0.2) is 0 Å². The summed E-state index contributed by atoms with van der Waals surface area (Å²) in [4.78, 5) is 23.5. The molecule has 3 rings (SSSR count). The van der Waals surface area contributed by atoms with Gasteiger partial charge in [-0.25, -0.2) is 9.59 Å². The van der Waals surface area contributed by atoms with Gasteiger partial charge in [-0.2, -0.15) is 0 Å². The SMILES string of the molecule is O=C(NC(CC1CCC2(CCCCC2)O1)C(=O)O)OCc1ccccc1. The van der Waals surface area contributed by atoms with Gasteiger partial charge in [-0.05, 0) is 31.2 Å². The highest BCUT2D eigenvalue weighted by atomic mass is 16.5. The number of hydrogen-bond acceptors (Lipinski definition) is 4. The van der Waals surface area contributed by atoms with Crippen LogP contribution in [0.15, 0.2) is 30.3 Å². The molecule has 2 fully saturated rings. The molecule has 1 aliphatic carbocycles. The predicted octanol–water partition coefficient (Wildman–Crippen LogP) is 3.64. The molecule has 6 nitrogen and oxygen atoms in total. The normalized spacial score (nSPS) is 22.7. The van der Waals surface area contributed by atoms with E-state index < -0.39 is 18.1 Å². The Labute approximate surface area is 153 Å². The van der Waals surface area contributed by atoms with E-state index in [0.717, 1.165) is 31.2 Å². The first kappa shape index (κ1) is 18.7. The van der Waals surface area contributed by atoms with Crippen LogP contribution in [0, 0.1) is 0 Å². The van der Waals surface area contributed by atoms with Crippen LogP contribution in [0.1, 0.15) is 56.9 Å². The van der Waals surface area contributed by atoms with Crippen molar-refractivity contribution in [3.63, 3.8) is 0 Å². The van der Waals surface area contributed by atoms with Crippen molar-refractivity contribution < 1.29 is 24.2 Å². The van der Waals surface area contributed by atoms with Crippen molar-refractivity contribution in [2.75, 3.05) is 0 Å². The fourth-order valence-electron chi connectivity index (χ4n) is 4.02. The quantitative estimate of drug-likeness (QED) is 0.808. The summed E-state index contributed by atoms with van der Waals surface area (Å²) in [6.07, 6.45) is 7.02. The van der Waals surface area contributed by atoms with Gasteiger partial charge in [0.1, 0.15) is 12.6 Å². The van der Waals surface area contributed by atoms with E-state index in [2.05, 4.69) is 5.32 Å². The number of hydrogen-bond donors (Lipinski definition) is 2. The predicted molar refractivity (Wildman–Crippen MR) is 95.7 cm³/mol. The van der Waals surface area contributed by atoms with E-state index >= 15 is 0 Å². The van der Waals surface area contributed by atoms with Crippen molar-refractivity contribution in [1.82, 2.24) is 5.32 Å². The molecule has 2 N–H and O–H groups in total. The van der Waals surface area contributed by atoms with Gasteiger partial charge in [-0.15, -0.1) is 0 Å². The molecule has 1 aromatic rings. The molecule has 26 heavy (non-hydrogen) atoms. The average Bonchev–Trinajstić information content (AvgIpc) is 3.02. The van der Waals surface area contributed by atoms with E-state index in [1.54, 1.807) is 0 Å². The average molecular weight is 361 g/mol. The summed E-state index contributed by atoms with van der Waals surface area (Å²) in [7, 11) is 0. The van der Waals surface area contributed by atoms with Gasteiger partial charge in [0.25, 0.3) is 0 Å². The molecule has 1 aromatic carbocycles. The number of carboxylic acid groups (broad SMARTS) is 1. The number of benzene rings is 1. The molecule has 1 saturated carbocycles. The number of ether oxygens (including phenoxy) is 2. The zero-order chi connectivity index (χ0) is 18.4. The van der Waals surface area contributed by atoms with Crippen molar-refractivity contribution in [3.05, 3.63) is 35.9 Å². The first-order chi connectivity index (χ1) is 12.6. The van der Waals surface area contributed by atoms with Gasteiger partial charge in [0.05, 0.1) is 11.7 Å². The van der Waals surface area contributed by atoms with Crippen molar-refractivity contribution in [3.8, 4) is 0 Å². The largest absolute Gasteiger partial charge is 0.480 e. The maximum Gasteiger partial charge on any atom is 0.408 e. The molecule has 6 heteroatoms. The summed E-state index contributed by atoms with van der Waals surface area (Å²) in [6, 6.07) is 8.28. The van der Waals surface area contributed by atoms with Crippen LogP contribution < -0.4 is 5.32 Å². The Bertz CT molecular complexity index is 612. The molecule has 2 unspecified atom stereocenters. The number of rotatable bonds is 6. The fraction of sp³-hybridized carbons (Fsp3) is 0.600. The Morgan fingerprint density at radius 2 is 1.92 bits per heavy atom. The maximum absolute atomic E-state index is 12.0. The monoisotopic (exact) mass is 361 g/mol. The highest BCUT2D eigenvalue weighted by Gasteiger charge is 2.42. The fourth-order valence-corrected chi connectivity index (χ4v) is 4.02. The molecule has 142 valence electrons. The standard InChI is InChI=1S/C20H27NO5/c22-18(23)17(21-19(24)25-14-15-7-3-1-4-8-15)13-16-9-12-20(26-16)10-5-2-6-11-20/h1,3-4,7-8,16-17H,2,5-6,9-14H2,(H,21,24)(H,22,23). The van der Waals surface area contributed by atoms with Gasteiger partial charge >= 0.3 is 12.1 Å². The van der Waals surface area contributed by atoms with E-state index in [9.17, 15) is 14.7 Å². The summed E-state index contributed by atoms with van der Waals surface area (Å²) in [6.45, 7) is 0.113. The summed E-state index contributed by atoms with van der Waals surface area (Å²) >= 11 is 0. The third kappa shape index (κ3) is 4.97. The zero-order valence-corrected chi connectivity index (χ0v) is 15.0. The molecule has 1 spiro atoms. The van der Waals surface area contributed by atoms with Gasteiger partial charge in [0, 0.05) is 6.42 Å². The minimum absolute atomic E-state index is 0.0558. The lowest BCUT2D eigenvalue weighted by atomic mass is 9.83. The molecule has 1 saturated heterocycles. The summed E-state index contributed by atoms with van der Waals surface area (Å²) in [5.74, 6) is -1.06. The van der Waals surface area contributed by atoms with Gasteiger partial charge in [-0.1, -0.05) is 49.6 Å². The van der Waals surface area contributed by atoms with Crippen molar-refractivity contribution in [1.29, 1.82) is 0 Å². The van der Waals surface area contributed by atoms with Crippen LogP contribution in [0.3, 0.4) is 0 Å². The lowest BCUT2D eigenvalue weighted by Gasteiger charge is -2.33. The van der Waals surface area contributed by atoms with Crippen LogP contribution in [0.2, 0.25) is 0 Å². The number of amides is 1. The number of aliphatic carboxylic acids is 1. The molecular weight excluding hydrogens is 334 g/mol. The second-order valence-corrected chi connectivity index (χ2v) is 7.35. The molecule has 2 atom stereocenters. The number of alkyl carbamates (subject to hydrolysis) is 1. The highest BCUT2D eigenvalue weighted by molar-refractivity contribution is 5.79. The van der Waals surface area contributed by atoms with Crippen LogP contribution in [-0.2, 0) is 20.9 Å². The third-order valence-electron chi connectivity index (χ3n) is 5.40. The Balaban J connectivity index is 1.48. The van der Waals surface area contributed by atoms with Crippen molar-refractivity contribution >= 4 is 12.1 Å². The smallest absolute Gasteiger partial charge is 0.408 e. The first-order valence-electron chi connectivity index (χ1n) is 9.44. The van der Waals surface area contributed by atoms with Gasteiger partial charge < -0.3 is 19.9 Å². The Morgan fingerprint density at radius 3 is 2.62 bits per heavy atom. The van der Waals surface area contributed by atoms with Crippen LogP contribution in [0.5, 0.6) is 0 Å². The second kappa shape index (κ2) is 8.54. The van der Waals surface area contributed by atoms with Crippen LogP contribution in [0.25, 0.3) is 0 Å². The summed E-state index contributed by atoms with van der Waals surface area (Å²) in [5, 5.41) is 11.9. The highest BCUT2D eigenvalue weighted by Crippen LogP contribution is 2.42. The molecule has 1 aliphatic heterocycles. The molecule has 0 bridgehead atoms. The molecule has 0 radical (unpaired) electrons. The number of carboxylic acids is 1. The molecule has 2 aliphatic rings.